The average molecular weight is 390 g/mol. The van der Waals surface area contributed by atoms with Gasteiger partial charge in [0.05, 0.1) is 13.0 Å². The Labute approximate surface area is 168 Å². The highest BCUT2D eigenvalue weighted by atomic mass is 16.6. The summed E-state index contributed by atoms with van der Waals surface area (Å²) in [6.07, 6.45) is 5.37. The van der Waals surface area contributed by atoms with Gasteiger partial charge in [0.25, 0.3) is 0 Å². The number of hydrogen-bond donors (Lipinski definition) is 1. The SMILES string of the molecule is COc1ccc2[nH]cc(C[C@H]3C=C(C=O)C[C@H]([N+](=O)[O-])[C@@H]3c3ccccc3)c2c1. The van der Waals surface area contributed by atoms with Crippen LogP contribution in [0.3, 0.4) is 0 Å². The largest absolute Gasteiger partial charge is 0.497 e. The maximum atomic E-state index is 11.9. The van der Waals surface area contributed by atoms with Gasteiger partial charge in [-0.05, 0) is 47.2 Å². The van der Waals surface area contributed by atoms with Gasteiger partial charge in [0, 0.05) is 28.4 Å². The van der Waals surface area contributed by atoms with E-state index in [-0.39, 0.29) is 23.2 Å². The molecule has 1 aliphatic carbocycles. The molecule has 3 atom stereocenters. The van der Waals surface area contributed by atoms with Crippen LogP contribution in [0.15, 0.2) is 66.4 Å². The highest BCUT2D eigenvalue weighted by molar-refractivity contribution is 5.84. The minimum Gasteiger partial charge on any atom is -0.497 e. The van der Waals surface area contributed by atoms with Crippen LogP contribution in [0.5, 0.6) is 5.75 Å². The third-order valence-corrected chi connectivity index (χ3v) is 5.79. The maximum Gasteiger partial charge on any atom is 0.224 e. The summed E-state index contributed by atoms with van der Waals surface area (Å²) in [7, 11) is 1.63. The topological polar surface area (TPSA) is 85.2 Å². The molecule has 6 heteroatoms. The molecule has 1 aromatic heterocycles. The first-order valence-corrected chi connectivity index (χ1v) is 9.59. The first-order valence-electron chi connectivity index (χ1n) is 9.59. The number of hydrogen-bond acceptors (Lipinski definition) is 4. The van der Waals surface area contributed by atoms with Crippen molar-refractivity contribution in [3.05, 3.63) is 87.6 Å². The van der Waals surface area contributed by atoms with E-state index in [0.29, 0.717) is 12.0 Å². The van der Waals surface area contributed by atoms with E-state index >= 15 is 0 Å². The number of nitro groups is 1. The van der Waals surface area contributed by atoms with Gasteiger partial charge >= 0.3 is 0 Å². The number of H-pyrrole nitrogens is 1. The molecular weight excluding hydrogens is 368 g/mol. The molecule has 1 aliphatic rings. The molecule has 0 radical (unpaired) electrons. The monoisotopic (exact) mass is 390 g/mol. The fourth-order valence-corrected chi connectivity index (χ4v) is 4.43. The predicted octanol–water partition coefficient (Wildman–Crippen LogP) is 4.29. The number of rotatable bonds is 6. The lowest BCUT2D eigenvalue weighted by atomic mass is 9.71. The van der Waals surface area contributed by atoms with E-state index in [9.17, 15) is 14.9 Å². The Morgan fingerprint density at radius 2 is 2.03 bits per heavy atom. The normalized spacial score (nSPS) is 21.6. The van der Waals surface area contributed by atoms with Crippen LogP contribution >= 0.6 is 0 Å². The van der Waals surface area contributed by atoms with Crippen molar-refractivity contribution in [2.75, 3.05) is 7.11 Å². The molecule has 3 aromatic rings. The Hall–Kier alpha value is -3.41. The van der Waals surface area contributed by atoms with E-state index in [1.807, 2.05) is 60.8 Å². The number of ether oxygens (including phenoxy) is 1. The minimum absolute atomic E-state index is 0.160. The van der Waals surface area contributed by atoms with Gasteiger partial charge in [-0.25, -0.2) is 0 Å². The quantitative estimate of drug-likeness (QED) is 0.386. The van der Waals surface area contributed by atoms with E-state index in [1.54, 1.807) is 7.11 Å². The van der Waals surface area contributed by atoms with Crippen molar-refractivity contribution in [2.45, 2.75) is 24.8 Å². The number of aromatic nitrogens is 1. The molecule has 0 spiro atoms. The van der Waals surface area contributed by atoms with Crippen LogP contribution < -0.4 is 4.74 Å². The summed E-state index contributed by atoms with van der Waals surface area (Å²) < 4.78 is 5.35. The first-order chi connectivity index (χ1) is 14.1. The Morgan fingerprint density at radius 1 is 1.24 bits per heavy atom. The zero-order valence-corrected chi connectivity index (χ0v) is 16.1. The van der Waals surface area contributed by atoms with Gasteiger partial charge in [-0.15, -0.1) is 0 Å². The summed E-state index contributed by atoms with van der Waals surface area (Å²) >= 11 is 0. The molecule has 0 amide bonds. The number of methoxy groups -OCH3 is 1. The molecule has 4 rings (SSSR count). The van der Waals surface area contributed by atoms with Crippen LogP contribution in [0, 0.1) is 16.0 Å². The number of aldehydes is 1. The van der Waals surface area contributed by atoms with Gasteiger partial charge in [0.15, 0.2) is 0 Å². The second-order valence-electron chi connectivity index (χ2n) is 7.45. The molecule has 0 bridgehead atoms. The lowest BCUT2D eigenvalue weighted by molar-refractivity contribution is -0.528. The van der Waals surface area contributed by atoms with E-state index in [1.165, 1.54) is 0 Å². The number of benzene rings is 2. The lowest BCUT2D eigenvalue weighted by Gasteiger charge is -2.32. The van der Waals surface area contributed by atoms with Crippen molar-refractivity contribution < 1.29 is 14.5 Å². The molecule has 148 valence electrons. The minimum atomic E-state index is -0.827. The number of allylic oxidation sites excluding steroid dienone is 1. The van der Waals surface area contributed by atoms with Gasteiger partial charge in [0.1, 0.15) is 12.0 Å². The standard InChI is InChI=1S/C23H22N2O4/c1-29-19-7-8-21-20(12-19)18(13-24-21)11-17-9-15(14-26)10-22(25(27)28)23(17)16-5-3-2-4-6-16/h2-9,12-14,17,22-24H,10-11H2,1H3/t17-,22+,23-/m1/s1. The number of nitrogens with one attached hydrogen (secondary N) is 1. The summed E-state index contributed by atoms with van der Waals surface area (Å²) in [4.78, 5) is 26.4. The number of nitrogens with zero attached hydrogens (tertiary/aromatic N) is 1. The lowest BCUT2D eigenvalue weighted by Crippen LogP contribution is -2.36. The van der Waals surface area contributed by atoms with Gasteiger partial charge in [-0.3, -0.25) is 14.9 Å². The van der Waals surface area contributed by atoms with E-state index < -0.39 is 6.04 Å². The van der Waals surface area contributed by atoms with Crippen molar-refractivity contribution in [3.63, 3.8) is 0 Å². The van der Waals surface area contributed by atoms with Crippen LogP contribution in [0.1, 0.15) is 23.5 Å². The Bertz CT molecular complexity index is 1070. The van der Waals surface area contributed by atoms with Gasteiger partial charge < -0.3 is 9.72 Å². The van der Waals surface area contributed by atoms with Crippen molar-refractivity contribution >= 4 is 17.2 Å². The fourth-order valence-electron chi connectivity index (χ4n) is 4.43. The average Bonchev–Trinajstić information content (AvgIpc) is 3.15. The van der Waals surface area contributed by atoms with Gasteiger partial charge in [-0.1, -0.05) is 36.4 Å². The molecule has 0 aliphatic heterocycles. The van der Waals surface area contributed by atoms with Crippen LogP contribution in [0.2, 0.25) is 0 Å². The smallest absolute Gasteiger partial charge is 0.224 e. The number of aromatic amines is 1. The Morgan fingerprint density at radius 3 is 2.72 bits per heavy atom. The van der Waals surface area contributed by atoms with Crippen LogP contribution in [-0.2, 0) is 11.2 Å². The summed E-state index contributed by atoms with van der Waals surface area (Å²) in [5.74, 6) is 0.298. The number of fused-ring (bicyclic) bond motifs is 1. The highest BCUT2D eigenvalue weighted by Crippen LogP contribution is 2.40. The second-order valence-corrected chi connectivity index (χ2v) is 7.45. The zero-order valence-electron chi connectivity index (χ0n) is 16.1. The molecule has 1 heterocycles. The zero-order chi connectivity index (χ0) is 20.4. The Balaban J connectivity index is 1.78. The number of carbonyl (C=O) groups is 1. The molecule has 0 saturated heterocycles. The summed E-state index contributed by atoms with van der Waals surface area (Å²) in [6.45, 7) is 0. The predicted molar refractivity (Wildman–Crippen MR) is 111 cm³/mol. The number of carbonyl (C=O) groups excluding carboxylic acids is 1. The van der Waals surface area contributed by atoms with Crippen molar-refractivity contribution in [1.29, 1.82) is 0 Å². The van der Waals surface area contributed by atoms with Crippen LogP contribution in [0.4, 0.5) is 0 Å². The summed E-state index contributed by atoms with van der Waals surface area (Å²) in [6, 6.07) is 14.6. The summed E-state index contributed by atoms with van der Waals surface area (Å²) in [5, 5.41) is 12.9. The van der Waals surface area contributed by atoms with Gasteiger partial charge in [-0.2, -0.15) is 0 Å². The molecule has 0 saturated carbocycles. The molecule has 1 N–H and O–H groups in total. The molecule has 29 heavy (non-hydrogen) atoms. The highest BCUT2D eigenvalue weighted by Gasteiger charge is 2.41. The molecule has 6 nitrogen and oxygen atoms in total. The first kappa shape index (κ1) is 18.9. The third-order valence-electron chi connectivity index (χ3n) is 5.79. The van der Waals surface area contributed by atoms with Crippen molar-refractivity contribution in [3.8, 4) is 5.75 Å². The molecule has 0 fully saturated rings. The van der Waals surface area contributed by atoms with Crippen LogP contribution in [-0.4, -0.2) is 29.3 Å². The Kier molecular flexibility index (Phi) is 5.16. The van der Waals surface area contributed by atoms with Crippen molar-refractivity contribution in [1.82, 2.24) is 4.98 Å². The maximum absolute atomic E-state index is 11.9. The van der Waals surface area contributed by atoms with Crippen LogP contribution in [0.25, 0.3) is 10.9 Å². The third kappa shape index (κ3) is 3.66. The van der Waals surface area contributed by atoms with E-state index in [4.69, 9.17) is 4.74 Å². The molecule has 2 aromatic carbocycles. The van der Waals surface area contributed by atoms with E-state index in [0.717, 1.165) is 34.1 Å². The summed E-state index contributed by atoms with van der Waals surface area (Å²) in [5.41, 5.74) is 3.47. The van der Waals surface area contributed by atoms with Crippen molar-refractivity contribution in [2.24, 2.45) is 5.92 Å². The molecular formula is C23H22N2O4. The molecule has 0 unspecified atom stereocenters. The van der Waals surface area contributed by atoms with E-state index in [2.05, 4.69) is 4.98 Å². The van der Waals surface area contributed by atoms with Gasteiger partial charge in [0.2, 0.25) is 6.04 Å². The second kappa shape index (κ2) is 7.91. The fraction of sp³-hybridized carbons (Fsp3) is 0.261.